The molecular weight excluding hydrogens is 508 g/mol. The predicted octanol–water partition coefficient (Wildman–Crippen LogP) is 2.19. The fourth-order valence-corrected chi connectivity index (χ4v) is 4.29. The van der Waals surface area contributed by atoms with Crippen molar-refractivity contribution in [3.05, 3.63) is 122 Å². The monoisotopic (exact) mass is 537 g/mol. The molecule has 5 N–H and O–H groups in total. The minimum absolute atomic E-state index is 0.0270. The number of hydrogen-bond donors (Lipinski definition) is 5. The van der Waals surface area contributed by atoms with Gasteiger partial charge in [0.1, 0.15) is 11.6 Å². The summed E-state index contributed by atoms with van der Waals surface area (Å²) in [5, 5.41) is 21.2. The van der Waals surface area contributed by atoms with Crippen LogP contribution in [0, 0.1) is 11.6 Å². The molecule has 1 amide bonds. The normalized spacial score (nSPS) is 12.7. The van der Waals surface area contributed by atoms with Crippen molar-refractivity contribution < 1.29 is 18.7 Å². The molecule has 4 rings (SSSR count). The zero-order chi connectivity index (χ0) is 27.9. The van der Waals surface area contributed by atoms with E-state index in [-0.39, 0.29) is 29.8 Å². The molecular formula is C28H29F2N5O4. The van der Waals surface area contributed by atoms with Gasteiger partial charge in [0.15, 0.2) is 0 Å². The molecule has 0 unspecified atom stereocenters. The highest BCUT2D eigenvalue weighted by Crippen LogP contribution is 2.14. The molecule has 0 aliphatic heterocycles. The second-order valence-corrected chi connectivity index (χ2v) is 9.18. The van der Waals surface area contributed by atoms with Gasteiger partial charge in [-0.05, 0) is 65.9 Å². The van der Waals surface area contributed by atoms with Gasteiger partial charge in [0, 0.05) is 24.7 Å². The minimum atomic E-state index is -1.09. The van der Waals surface area contributed by atoms with E-state index in [0.29, 0.717) is 6.54 Å². The second-order valence-electron chi connectivity index (χ2n) is 9.18. The maximum atomic E-state index is 13.8. The second kappa shape index (κ2) is 12.5. The number of nitrogens with one attached hydrogen (secondary N) is 4. The molecule has 0 bridgehead atoms. The smallest absolute Gasteiger partial charge is 0.348 e. The van der Waals surface area contributed by atoms with Crippen LogP contribution in [-0.4, -0.2) is 44.5 Å². The van der Waals surface area contributed by atoms with Gasteiger partial charge in [-0.25, -0.2) is 33.1 Å². The largest absolute Gasteiger partial charge is 0.390 e. The van der Waals surface area contributed by atoms with E-state index in [0.717, 1.165) is 34.8 Å². The van der Waals surface area contributed by atoms with E-state index in [2.05, 4.69) is 33.8 Å². The third-order valence-corrected chi connectivity index (χ3v) is 6.31. The number of hydrogen-bond acceptors (Lipinski definition) is 5. The van der Waals surface area contributed by atoms with Crippen molar-refractivity contribution >= 4 is 5.91 Å². The maximum Gasteiger partial charge on any atom is 0.348 e. The Bertz CT molecular complexity index is 1500. The first-order valence-electron chi connectivity index (χ1n) is 12.5. The molecule has 9 nitrogen and oxygen atoms in total. The summed E-state index contributed by atoms with van der Waals surface area (Å²) in [7, 11) is 0. The highest BCUT2D eigenvalue weighted by Gasteiger charge is 2.23. The molecule has 0 fully saturated rings. The summed E-state index contributed by atoms with van der Waals surface area (Å²) in [6.45, 7) is 2.66. The van der Waals surface area contributed by atoms with Gasteiger partial charge in [-0.15, -0.1) is 0 Å². The maximum absolute atomic E-state index is 13.8. The van der Waals surface area contributed by atoms with Gasteiger partial charge < -0.3 is 15.7 Å². The van der Waals surface area contributed by atoms with Gasteiger partial charge in [0.25, 0.3) is 5.91 Å². The first kappa shape index (κ1) is 27.7. The summed E-state index contributed by atoms with van der Waals surface area (Å²) >= 11 is 0. The van der Waals surface area contributed by atoms with Crippen molar-refractivity contribution in [3.63, 3.8) is 0 Å². The summed E-state index contributed by atoms with van der Waals surface area (Å²) in [6.07, 6.45) is -0.222. The van der Waals surface area contributed by atoms with Gasteiger partial charge in [0.2, 0.25) is 0 Å². The number of nitrogens with zero attached hydrogens (tertiary/aromatic N) is 1. The number of H-pyrrole nitrogens is 2. The average molecular weight is 538 g/mol. The molecule has 1 heterocycles. The topological polar surface area (TPSA) is 132 Å². The Morgan fingerprint density at radius 1 is 0.923 bits per heavy atom. The van der Waals surface area contributed by atoms with Crippen LogP contribution in [0.1, 0.15) is 34.0 Å². The van der Waals surface area contributed by atoms with Crippen molar-refractivity contribution in [1.29, 1.82) is 0 Å². The molecule has 1 aromatic heterocycles. The highest BCUT2D eigenvalue weighted by atomic mass is 19.1. The molecule has 2 atom stereocenters. The number of benzene rings is 3. The van der Waals surface area contributed by atoms with E-state index in [1.165, 1.54) is 29.8 Å². The van der Waals surface area contributed by atoms with Crippen molar-refractivity contribution in [3.8, 4) is 5.69 Å². The summed E-state index contributed by atoms with van der Waals surface area (Å²) in [4.78, 5) is 36.7. The molecule has 0 aliphatic rings. The number of aromatic amines is 2. The summed E-state index contributed by atoms with van der Waals surface area (Å²) in [6, 6.07) is 15.9. The van der Waals surface area contributed by atoms with E-state index < -0.39 is 41.1 Å². The van der Waals surface area contributed by atoms with Gasteiger partial charge in [-0.1, -0.05) is 31.2 Å². The number of aliphatic hydroxyl groups is 1. The zero-order valence-electron chi connectivity index (χ0n) is 21.2. The molecule has 0 spiro atoms. The lowest BCUT2D eigenvalue weighted by Gasteiger charge is -2.25. The van der Waals surface area contributed by atoms with Crippen molar-refractivity contribution in [2.75, 3.05) is 6.54 Å². The summed E-state index contributed by atoms with van der Waals surface area (Å²) in [5.41, 5.74) is 1.63. The van der Waals surface area contributed by atoms with Crippen molar-refractivity contribution in [2.45, 2.75) is 38.5 Å². The molecule has 0 saturated carbocycles. The van der Waals surface area contributed by atoms with Gasteiger partial charge in [-0.3, -0.25) is 4.79 Å². The van der Waals surface area contributed by atoms with Crippen LogP contribution in [0.15, 0.2) is 76.3 Å². The number of halogens is 2. The Balaban J connectivity index is 1.48. The zero-order valence-corrected chi connectivity index (χ0v) is 21.2. The number of carbonyl (C=O) groups excluding carboxylic acids is 1. The summed E-state index contributed by atoms with van der Waals surface area (Å²) in [5.74, 6) is -2.07. The van der Waals surface area contributed by atoms with Crippen molar-refractivity contribution in [2.24, 2.45) is 0 Å². The highest BCUT2D eigenvalue weighted by molar-refractivity contribution is 5.94. The number of aryl methyl sites for hydroxylation is 1. The van der Waals surface area contributed by atoms with Gasteiger partial charge in [0.05, 0.1) is 17.8 Å². The predicted molar refractivity (Wildman–Crippen MR) is 142 cm³/mol. The fourth-order valence-electron chi connectivity index (χ4n) is 4.29. The third-order valence-electron chi connectivity index (χ3n) is 6.31. The van der Waals surface area contributed by atoms with Crippen LogP contribution in [0.4, 0.5) is 8.78 Å². The van der Waals surface area contributed by atoms with E-state index in [4.69, 9.17) is 0 Å². The molecule has 0 radical (unpaired) electrons. The molecule has 3 aromatic carbocycles. The minimum Gasteiger partial charge on any atom is -0.390 e. The van der Waals surface area contributed by atoms with Crippen LogP contribution in [0.2, 0.25) is 0 Å². The van der Waals surface area contributed by atoms with Crippen LogP contribution in [0.3, 0.4) is 0 Å². The number of carbonyl (C=O) groups is 1. The molecule has 204 valence electrons. The Kier molecular flexibility index (Phi) is 8.84. The van der Waals surface area contributed by atoms with Gasteiger partial charge >= 0.3 is 11.4 Å². The molecule has 0 aliphatic carbocycles. The molecule has 4 aromatic rings. The van der Waals surface area contributed by atoms with Gasteiger partial charge in [-0.2, -0.15) is 0 Å². The van der Waals surface area contributed by atoms with Crippen LogP contribution in [0.5, 0.6) is 0 Å². The number of amides is 1. The fraction of sp³-hybridized carbons (Fsp3) is 0.250. The lowest BCUT2D eigenvalue weighted by molar-refractivity contribution is 0.0830. The quantitative estimate of drug-likeness (QED) is 0.200. The number of aromatic nitrogens is 3. The van der Waals surface area contributed by atoms with Crippen molar-refractivity contribution in [1.82, 2.24) is 25.4 Å². The Hall–Kier alpha value is -4.35. The molecule has 11 heteroatoms. The number of rotatable bonds is 11. The molecule has 0 saturated heterocycles. The standard InChI is InChI=1S/C28H29F2N5O4/c1-2-17-4-3-5-18(10-17)15-31-16-25(36)24(13-19-11-21(29)14-22(30)12-19)32-26(37)20-6-8-23(9-7-20)35-27(38)33-34-28(35)39/h3-12,14,24-25,31,36H,2,13,15-16H2,1H3,(H,32,37)(H,33,38)(H,34,39)/t24-,25+/m0/s1. The summed E-state index contributed by atoms with van der Waals surface area (Å²) < 4.78 is 28.5. The van der Waals surface area contributed by atoms with Crippen LogP contribution >= 0.6 is 0 Å². The van der Waals surface area contributed by atoms with E-state index >= 15 is 0 Å². The first-order valence-corrected chi connectivity index (χ1v) is 12.5. The third kappa shape index (κ3) is 7.15. The van der Waals surface area contributed by atoms with E-state index in [9.17, 15) is 28.3 Å². The lowest BCUT2D eigenvalue weighted by atomic mass is 10.00. The first-order chi connectivity index (χ1) is 18.7. The number of aliphatic hydroxyl groups excluding tert-OH is 1. The lowest BCUT2D eigenvalue weighted by Crippen LogP contribution is -2.48. The Labute approximate surface area is 222 Å². The Morgan fingerprint density at radius 2 is 1.56 bits per heavy atom. The SMILES string of the molecule is CCc1cccc(CNC[C@@H](O)[C@H](Cc2cc(F)cc(F)c2)NC(=O)c2ccc(-n3c(=O)[nH][nH]c3=O)cc2)c1. The Morgan fingerprint density at radius 3 is 2.21 bits per heavy atom. The van der Waals surface area contributed by atoms with E-state index in [1.54, 1.807) is 0 Å². The van der Waals surface area contributed by atoms with Crippen LogP contribution in [0.25, 0.3) is 5.69 Å². The van der Waals surface area contributed by atoms with Crippen LogP contribution in [-0.2, 0) is 19.4 Å². The van der Waals surface area contributed by atoms with Crippen LogP contribution < -0.4 is 22.0 Å². The average Bonchev–Trinajstić information content (AvgIpc) is 3.25. The molecule has 39 heavy (non-hydrogen) atoms. The van der Waals surface area contributed by atoms with E-state index in [1.807, 2.05) is 18.2 Å².